The lowest BCUT2D eigenvalue weighted by atomic mass is 10.1. The van der Waals surface area contributed by atoms with Gasteiger partial charge < -0.3 is 4.74 Å². The second-order valence-electron chi connectivity index (χ2n) is 5.68. The molecule has 0 aliphatic carbocycles. The molecule has 134 valence electrons. The molecular weight excluding hydrogens is 338 g/mol. The summed E-state index contributed by atoms with van der Waals surface area (Å²) in [7, 11) is -3.52. The predicted octanol–water partition coefficient (Wildman–Crippen LogP) is 3.38. The summed E-state index contributed by atoms with van der Waals surface area (Å²) in [5.41, 5.74) is 2.33. The SMILES string of the molecule is CCN(CC)S(=O)(=O)c1ccc(C(=O)OCc2cccc(C)c2)cc1. The average molecular weight is 361 g/mol. The highest BCUT2D eigenvalue weighted by Crippen LogP contribution is 2.17. The molecule has 0 aromatic heterocycles. The van der Waals surface area contributed by atoms with Gasteiger partial charge in [0.1, 0.15) is 6.61 Å². The number of ether oxygens (including phenoxy) is 1. The molecule has 0 heterocycles. The molecule has 0 spiro atoms. The lowest BCUT2D eigenvalue weighted by Gasteiger charge is -2.18. The monoisotopic (exact) mass is 361 g/mol. The lowest BCUT2D eigenvalue weighted by molar-refractivity contribution is 0.0472. The number of esters is 1. The Kier molecular flexibility index (Phi) is 6.33. The molecule has 0 atom stereocenters. The summed E-state index contributed by atoms with van der Waals surface area (Å²) in [6, 6.07) is 13.6. The molecule has 0 aliphatic heterocycles. The van der Waals surface area contributed by atoms with Gasteiger partial charge >= 0.3 is 5.97 Å². The Morgan fingerprint density at radius 1 is 1.04 bits per heavy atom. The van der Waals surface area contributed by atoms with Crippen molar-refractivity contribution in [1.29, 1.82) is 0 Å². The molecule has 2 aromatic carbocycles. The van der Waals surface area contributed by atoms with Crippen LogP contribution in [0.5, 0.6) is 0 Å². The molecule has 0 unspecified atom stereocenters. The summed E-state index contributed by atoms with van der Waals surface area (Å²) in [5, 5.41) is 0. The maximum absolute atomic E-state index is 12.4. The van der Waals surface area contributed by atoms with Crippen LogP contribution in [0, 0.1) is 6.92 Å². The number of nitrogens with zero attached hydrogens (tertiary/aromatic N) is 1. The van der Waals surface area contributed by atoms with Gasteiger partial charge in [0.25, 0.3) is 0 Å². The Bertz CT molecular complexity index is 825. The largest absolute Gasteiger partial charge is 0.457 e. The van der Waals surface area contributed by atoms with Crippen molar-refractivity contribution < 1.29 is 17.9 Å². The van der Waals surface area contributed by atoms with Gasteiger partial charge in [-0.3, -0.25) is 0 Å². The van der Waals surface area contributed by atoms with E-state index in [2.05, 4.69) is 0 Å². The third-order valence-electron chi connectivity index (χ3n) is 3.89. The Hall–Kier alpha value is -2.18. The smallest absolute Gasteiger partial charge is 0.338 e. The fraction of sp³-hybridized carbons (Fsp3) is 0.316. The number of hydrogen-bond donors (Lipinski definition) is 0. The van der Waals surface area contributed by atoms with Crippen LogP contribution < -0.4 is 0 Å². The van der Waals surface area contributed by atoms with E-state index in [1.54, 1.807) is 13.8 Å². The van der Waals surface area contributed by atoms with Gasteiger partial charge in [-0.2, -0.15) is 4.31 Å². The first-order valence-corrected chi connectivity index (χ1v) is 9.65. The van der Waals surface area contributed by atoms with Gasteiger partial charge in [-0.05, 0) is 36.8 Å². The fourth-order valence-electron chi connectivity index (χ4n) is 2.51. The highest BCUT2D eigenvalue weighted by molar-refractivity contribution is 7.89. The zero-order chi connectivity index (χ0) is 18.4. The van der Waals surface area contributed by atoms with Crippen LogP contribution in [-0.4, -0.2) is 31.8 Å². The molecule has 0 saturated carbocycles. The quantitative estimate of drug-likeness (QED) is 0.709. The second-order valence-corrected chi connectivity index (χ2v) is 7.62. The molecule has 0 aliphatic rings. The molecule has 5 nitrogen and oxygen atoms in total. The Balaban J connectivity index is 2.07. The van der Waals surface area contributed by atoms with E-state index in [-0.39, 0.29) is 11.5 Å². The number of aryl methyl sites for hydroxylation is 1. The summed E-state index contributed by atoms with van der Waals surface area (Å²) in [5.74, 6) is -0.478. The number of rotatable bonds is 7. The van der Waals surface area contributed by atoms with Crippen molar-refractivity contribution in [2.75, 3.05) is 13.1 Å². The van der Waals surface area contributed by atoms with E-state index in [0.717, 1.165) is 11.1 Å². The molecule has 25 heavy (non-hydrogen) atoms. The van der Waals surface area contributed by atoms with Crippen LogP contribution >= 0.6 is 0 Å². The van der Waals surface area contributed by atoms with Gasteiger partial charge in [0, 0.05) is 13.1 Å². The van der Waals surface area contributed by atoms with Crippen molar-refractivity contribution in [3.05, 3.63) is 65.2 Å². The first kappa shape index (κ1) is 19.1. The van der Waals surface area contributed by atoms with E-state index in [9.17, 15) is 13.2 Å². The van der Waals surface area contributed by atoms with Crippen molar-refractivity contribution in [1.82, 2.24) is 4.31 Å². The van der Waals surface area contributed by atoms with E-state index >= 15 is 0 Å². The summed E-state index contributed by atoms with van der Waals surface area (Å²) < 4.78 is 31.5. The number of carbonyl (C=O) groups excluding carboxylic acids is 1. The van der Waals surface area contributed by atoms with Crippen LogP contribution in [0.15, 0.2) is 53.4 Å². The van der Waals surface area contributed by atoms with Crippen molar-refractivity contribution >= 4 is 16.0 Å². The highest BCUT2D eigenvalue weighted by Gasteiger charge is 2.21. The van der Waals surface area contributed by atoms with Gasteiger partial charge in [-0.25, -0.2) is 13.2 Å². The molecule has 0 amide bonds. The maximum Gasteiger partial charge on any atom is 0.338 e. The third-order valence-corrected chi connectivity index (χ3v) is 5.95. The molecule has 0 saturated heterocycles. The minimum Gasteiger partial charge on any atom is -0.457 e. The molecule has 0 bridgehead atoms. The molecule has 2 rings (SSSR count). The lowest BCUT2D eigenvalue weighted by Crippen LogP contribution is -2.30. The second kappa shape index (κ2) is 8.27. The Labute approximate surface area is 149 Å². The summed E-state index contributed by atoms with van der Waals surface area (Å²) in [6.45, 7) is 6.54. The number of hydrogen-bond acceptors (Lipinski definition) is 4. The normalized spacial score (nSPS) is 11.5. The molecular formula is C19H23NO4S. The minimum atomic E-state index is -3.52. The first-order valence-electron chi connectivity index (χ1n) is 8.21. The van der Waals surface area contributed by atoms with Crippen molar-refractivity contribution in [3.8, 4) is 0 Å². The summed E-state index contributed by atoms with van der Waals surface area (Å²) in [6.07, 6.45) is 0. The van der Waals surface area contributed by atoms with Crippen LogP contribution in [-0.2, 0) is 21.4 Å². The topological polar surface area (TPSA) is 63.7 Å². The van der Waals surface area contributed by atoms with Crippen LogP contribution in [0.2, 0.25) is 0 Å². The molecule has 0 radical (unpaired) electrons. The van der Waals surface area contributed by atoms with Gasteiger partial charge in [0.05, 0.1) is 10.5 Å². The molecule has 2 aromatic rings. The van der Waals surface area contributed by atoms with Crippen LogP contribution in [0.25, 0.3) is 0 Å². The van der Waals surface area contributed by atoms with E-state index < -0.39 is 16.0 Å². The molecule has 0 fully saturated rings. The summed E-state index contributed by atoms with van der Waals surface area (Å²) >= 11 is 0. The van der Waals surface area contributed by atoms with E-state index in [4.69, 9.17) is 4.74 Å². The van der Waals surface area contributed by atoms with Crippen molar-refractivity contribution in [3.63, 3.8) is 0 Å². The minimum absolute atomic E-state index is 0.173. The van der Waals surface area contributed by atoms with E-state index in [1.807, 2.05) is 31.2 Å². The number of benzene rings is 2. The first-order chi connectivity index (χ1) is 11.9. The maximum atomic E-state index is 12.4. The van der Waals surface area contributed by atoms with Crippen LogP contribution in [0.3, 0.4) is 0 Å². The van der Waals surface area contributed by atoms with Crippen LogP contribution in [0.1, 0.15) is 35.3 Å². The van der Waals surface area contributed by atoms with Crippen LogP contribution in [0.4, 0.5) is 0 Å². The Morgan fingerprint density at radius 3 is 2.24 bits per heavy atom. The fourth-order valence-corrected chi connectivity index (χ4v) is 3.97. The van der Waals surface area contributed by atoms with Gasteiger partial charge in [0.15, 0.2) is 0 Å². The van der Waals surface area contributed by atoms with Crippen molar-refractivity contribution in [2.45, 2.75) is 32.3 Å². The van der Waals surface area contributed by atoms with E-state index in [1.165, 1.54) is 28.6 Å². The third kappa shape index (κ3) is 4.67. The number of carbonyl (C=O) groups is 1. The van der Waals surface area contributed by atoms with Gasteiger partial charge in [-0.1, -0.05) is 43.7 Å². The van der Waals surface area contributed by atoms with Gasteiger partial charge in [0.2, 0.25) is 10.0 Å². The standard InChI is InChI=1S/C19H23NO4S/c1-4-20(5-2)25(22,23)18-11-9-17(10-12-18)19(21)24-14-16-8-6-7-15(3)13-16/h6-13H,4-5,14H2,1-3H3. The molecule has 0 N–H and O–H groups in total. The Morgan fingerprint density at radius 2 is 1.68 bits per heavy atom. The summed E-state index contributed by atoms with van der Waals surface area (Å²) in [4.78, 5) is 12.3. The zero-order valence-electron chi connectivity index (χ0n) is 14.7. The molecule has 6 heteroatoms. The zero-order valence-corrected chi connectivity index (χ0v) is 15.5. The highest BCUT2D eigenvalue weighted by atomic mass is 32.2. The number of sulfonamides is 1. The van der Waals surface area contributed by atoms with Crippen molar-refractivity contribution in [2.24, 2.45) is 0 Å². The average Bonchev–Trinajstić information content (AvgIpc) is 2.60. The van der Waals surface area contributed by atoms with E-state index in [0.29, 0.717) is 18.7 Å². The predicted molar refractivity (Wildman–Crippen MR) is 96.8 cm³/mol. The van der Waals surface area contributed by atoms with Gasteiger partial charge in [-0.15, -0.1) is 0 Å².